The zero-order chi connectivity index (χ0) is 16.7. The third kappa shape index (κ3) is 2.34. The smallest absolute Gasteiger partial charge is 0.361 e. The van der Waals surface area contributed by atoms with Gasteiger partial charge in [-0.05, 0) is 18.2 Å². The average molecular weight is 328 g/mol. The van der Waals surface area contributed by atoms with E-state index >= 15 is 0 Å². The van der Waals surface area contributed by atoms with Crippen molar-refractivity contribution >= 4 is 10.9 Å². The van der Waals surface area contributed by atoms with Crippen molar-refractivity contribution in [3.8, 4) is 16.9 Å². The molecule has 0 amide bonds. The van der Waals surface area contributed by atoms with E-state index in [-0.39, 0.29) is 5.52 Å². The van der Waals surface area contributed by atoms with Crippen molar-refractivity contribution in [2.24, 2.45) is 0 Å². The van der Waals surface area contributed by atoms with Crippen LogP contribution in [0.25, 0.3) is 27.8 Å². The van der Waals surface area contributed by atoms with E-state index in [0.29, 0.717) is 16.8 Å². The van der Waals surface area contributed by atoms with Crippen LogP contribution >= 0.6 is 0 Å². The van der Waals surface area contributed by atoms with Crippen LogP contribution in [0.3, 0.4) is 0 Å². The summed E-state index contributed by atoms with van der Waals surface area (Å²) in [6, 6.07) is 13.6. The first kappa shape index (κ1) is 14.5. The van der Waals surface area contributed by atoms with Gasteiger partial charge < -0.3 is 4.98 Å². The first-order valence-electron chi connectivity index (χ1n) is 7.19. The largest absolute Gasteiger partial charge is 0.418 e. The first-order chi connectivity index (χ1) is 11.5. The van der Waals surface area contributed by atoms with Crippen molar-refractivity contribution in [1.82, 2.24) is 20.0 Å². The van der Waals surface area contributed by atoms with Crippen LogP contribution in [0, 0.1) is 0 Å². The number of aromatic amines is 1. The quantitative estimate of drug-likeness (QED) is 0.591. The molecule has 24 heavy (non-hydrogen) atoms. The minimum Gasteiger partial charge on any atom is -0.361 e. The Balaban J connectivity index is 1.94. The fourth-order valence-corrected chi connectivity index (χ4v) is 2.73. The molecule has 0 saturated carbocycles. The van der Waals surface area contributed by atoms with Crippen molar-refractivity contribution in [2.45, 2.75) is 6.18 Å². The first-order valence-corrected chi connectivity index (χ1v) is 7.19. The summed E-state index contributed by atoms with van der Waals surface area (Å²) >= 11 is 0. The second-order valence-electron chi connectivity index (χ2n) is 5.33. The summed E-state index contributed by atoms with van der Waals surface area (Å²) in [5, 5.41) is 8.29. The molecular formula is C17H11F3N4. The minimum absolute atomic E-state index is 0.0626. The van der Waals surface area contributed by atoms with E-state index in [1.54, 1.807) is 12.1 Å². The van der Waals surface area contributed by atoms with Gasteiger partial charge in [-0.2, -0.15) is 13.2 Å². The molecule has 2 aromatic heterocycles. The van der Waals surface area contributed by atoms with E-state index in [1.807, 2.05) is 30.3 Å². The lowest BCUT2D eigenvalue weighted by Crippen LogP contribution is -2.08. The normalized spacial score (nSPS) is 12.0. The van der Waals surface area contributed by atoms with Crippen LogP contribution in [0.2, 0.25) is 0 Å². The number of H-pyrrole nitrogens is 1. The van der Waals surface area contributed by atoms with Gasteiger partial charge in [-0.3, -0.25) is 0 Å². The van der Waals surface area contributed by atoms with Gasteiger partial charge in [0.15, 0.2) is 0 Å². The lowest BCUT2D eigenvalue weighted by Gasteiger charge is -2.12. The zero-order valence-electron chi connectivity index (χ0n) is 12.2. The van der Waals surface area contributed by atoms with E-state index in [2.05, 4.69) is 15.3 Å². The molecule has 0 unspecified atom stereocenters. The molecule has 4 nitrogen and oxygen atoms in total. The summed E-state index contributed by atoms with van der Waals surface area (Å²) in [7, 11) is 0. The molecule has 4 rings (SSSR count). The fourth-order valence-electron chi connectivity index (χ4n) is 2.73. The van der Waals surface area contributed by atoms with Crippen LogP contribution in [0.5, 0.6) is 0 Å². The van der Waals surface area contributed by atoms with Gasteiger partial charge in [0.25, 0.3) is 0 Å². The standard InChI is InChI=1S/C17H11F3N4/c18-17(19,20)14-9-13(8-12-6-7-21-16(12)14)24-15(10-22-23-24)11-4-2-1-3-5-11/h1-10,21H. The molecule has 1 N–H and O–H groups in total. The Morgan fingerprint density at radius 3 is 2.54 bits per heavy atom. The topological polar surface area (TPSA) is 46.5 Å². The minimum atomic E-state index is -4.47. The Kier molecular flexibility index (Phi) is 3.16. The summed E-state index contributed by atoms with van der Waals surface area (Å²) in [4.78, 5) is 2.65. The summed E-state index contributed by atoms with van der Waals surface area (Å²) < 4.78 is 41.5. The molecular weight excluding hydrogens is 317 g/mol. The Morgan fingerprint density at radius 1 is 1.00 bits per heavy atom. The van der Waals surface area contributed by atoms with Gasteiger partial charge in [0.2, 0.25) is 0 Å². The second kappa shape index (κ2) is 5.23. The van der Waals surface area contributed by atoms with E-state index in [9.17, 15) is 13.2 Å². The predicted molar refractivity (Wildman–Crippen MR) is 83.7 cm³/mol. The molecule has 2 heterocycles. The zero-order valence-corrected chi connectivity index (χ0v) is 12.2. The van der Waals surface area contributed by atoms with Gasteiger partial charge in [-0.1, -0.05) is 35.5 Å². The monoisotopic (exact) mass is 328 g/mol. The molecule has 120 valence electrons. The van der Waals surface area contributed by atoms with Crippen molar-refractivity contribution in [3.63, 3.8) is 0 Å². The van der Waals surface area contributed by atoms with Gasteiger partial charge in [0.05, 0.1) is 28.7 Å². The number of nitrogens with one attached hydrogen (secondary N) is 1. The summed E-state index contributed by atoms with van der Waals surface area (Å²) in [5.74, 6) is 0. The molecule has 0 atom stereocenters. The molecule has 0 spiro atoms. The Hall–Kier alpha value is -3.09. The molecule has 4 aromatic rings. The molecule has 0 bridgehead atoms. The molecule has 0 saturated heterocycles. The molecule has 0 fully saturated rings. The lowest BCUT2D eigenvalue weighted by atomic mass is 10.1. The molecule has 0 aliphatic rings. The fraction of sp³-hybridized carbons (Fsp3) is 0.0588. The van der Waals surface area contributed by atoms with Crippen LogP contribution < -0.4 is 0 Å². The van der Waals surface area contributed by atoms with E-state index in [4.69, 9.17) is 0 Å². The molecule has 0 aliphatic carbocycles. The van der Waals surface area contributed by atoms with Crippen LogP contribution in [0.1, 0.15) is 5.56 Å². The number of halogens is 3. The third-order valence-corrected chi connectivity index (χ3v) is 3.81. The van der Waals surface area contributed by atoms with Crippen LogP contribution in [0.15, 0.2) is 60.9 Å². The molecule has 7 heteroatoms. The number of rotatable bonds is 2. The predicted octanol–water partition coefficient (Wildman–Crippen LogP) is 4.43. The number of fused-ring (bicyclic) bond motifs is 1. The summed E-state index contributed by atoms with van der Waals surface area (Å²) in [5.41, 5.74) is 1.09. The third-order valence-electron chi connectivity index (χ3n) is 3.81. The highest BCUT2D eigenvalue weighted by molar-refractivity contribution is 5.85. The van der Waals surface area contributed by atoms with E-state index in [0.717, 1.165) is 11.6 Å². The van der Waals surface area contributed by atoms with Crippen molar-refractivity contribution in [3.05, 3.63) is 66.5 Å². The average Bonchev–Trinajstić information content (AvgIpc) is 3.22. The number of nitrogens with zero attached hydrogens (tertiary/aromatic N) is 3. The number of benzene rings is 2. The Bertz CT molecular complexity index is 1000. The number of alkyl halides is 3. The van der Waals surface area contributed by atoms with Gasteiger partial charge in [0, 0.05) is 17.1 Å². The van der Waals surface area contributed by atoms with Crippen LogP contribution in [0.4, 0.5) is 13.2 Å². The van der Waals surface area contributed by atoms with Gasteiger partial charge in [0.1, 0.15) is 0 Å². The lowest BCUT2D eigenvalue weighted by molar-refractivity contribution is -0.136. The van der Waals surface area contributed by atoms with Crippen LogP contribution in [-0.2, 0) is 6.18 Å². The van der Waals surface area contributed by atoms with Crippen molar-refractivity contribution in [2.75, 3.05) is 0 Å². The van der Waals surface area contributed by atoms with Gasteiger partial charge in [-0.15, -0.1) is 5.10 Å². The maximum Gasteiger partial charge on any atom is 0.418 e. The number of aromatic nitrogens is 4. The summed E-state index contributed by atoms with van der Waals surface area (Å²) in [6.07, 6.45) is -1.44. The highest BCUT2D eigenvalue weighted by Crippen LogP contribution is 2.36. The SMILES string of the molecule is FC(F)(F)c1cc(-n2nncc2-c2ccccc2)cc2cc[nH]c12. The van der Waals surface area contributed by atoms with E-state index in [1.165, 1.54) is 17.1 Å². The maximum atomic E-state index is 13.4. The van der Waals surface area contributed by atoms with E-state index < -0.39 is 11.7 Å². The molecule has 0 aliphatic heterocycles. The highest BCUT2D eigenvalue weighted by Gasteiger charge is 2.34. The Morgan fingerprint density at radius 2 is 1.79 bits per heavy atom. The van der Waals surface area contributed by atoms with Crippen molar-refractivity contribution < 1.29 is 13.2 Å². The Labute approximate surface area is 134 Å². The summed E-state index contributed by atoms with van der Waals surface area (Å²) in [6.45, 7) is 0. The molecule has 0 radical (unpaired) electrons. The van der Waals surface area contributed by atoms with Crippen molar-refractivity contribution in [1.29, 1.82) is 0 Å². The van der Waals surface area contributed by atoms with Crippen LogP contribution in [-0.4, -0.2) is 20.0 Å². The van der Waals surface area contributed by atoms with Gasteiger partial charge in [-0.25, -0.2) is 4.68 Å². The number of hydrogen-bond acceptors (Lipinski definition) is 2. The second-order valence-corrected chi connectivity index (χ2v) is 5.33. The molecule has 2 aromatic carbocycles. The highest BCUT2D eigenvalue weighted by atomic mass is 19.4. The maximum absolute atomic E-state index is 13.4. The number of hydrogen-bond donors (Lipinski definition) is 1. The van der Waals surface area contributed by atoms with Gasteiger partial charge >= 0.3 is 6.18 Å².